The van der Waals surface area contributed by atoms with Crippen LogP contribution in [0.5, 0.6) is 0 Å². The minimum Gasteiger partial charge on any atom is -0.278 e. The summed E-state index contributed by atoms with van der Waals surface area (Å²) >= 11 is 0. The SMILES string of the molecule is c1ccc([Si](c2ccccc2)(c2ccccc2)c2cccc(-c3nc(-c4cccc([Si](c5ccccc5)(c5ccccc5)c5ccccc5)c4)nc(-n4c5ccccc5c5ccccc54)n3)c2)cc1.c1ccc([Si](c2ccccc2)(c2ccccc2)c2cccc(-c3nc(-n4c5ccccc5c5ccccc54)nc(-n4c5ccccc5c5ccccc54)n3)c2)cc1. The van der Waals surface area contributed by atoms with Crippen LogP contribution in [0.3, 0.4) is 0 Å². The molecule has 0 atom stereocenters. The summed E-state index contributed by atoms with van der Waals surface area (Å²) in [6.45, 7) is 0. The Morgan fingerprint density at radius 2 is 0.294 bits per heavy atom. The van der Waals surface area contributed by atoms with Gasteiger partial charge in [-0.15, -0.1) is 0 Å². The van der Waals surface area contributed by atoms with Gasteiger partial charge >= 0.3 is 0 Å². The Morgan fingerprint density at radius 1 is 0.135 bits per heavy atom. The third-order valence-electron chi connectivity index (χ3n) is 25.1. The van der Waals surface area contributed by atoms with Crippen LogP contribution in [0.15, 0.2) is 491 Å². The molecule has 594 valence electrons. The maximum absolute atomic E-state index is 5.52. The molecule has 126 heavy (non-hydrogen) atoms. The highest BCUT2D eigenvalue weighted by Crippen LogP contribution is 2.37. The number of aromatic nitrogens is 9. The average Bonchev–Trinajstić information content (AvgIpc) is 1.48. The highest BCUT2D eigenvalue weighted by molar-refractivity contribution is 7.21. The zero-order valence-electron chi connectivity index (χ0n) is 68.8. The van der Waals surface area contributed by atoms with Gasteiger partial charge in [0.25, 0.3) is 0 Å². The van der Waals surface area contributed by atoms with Crippen LogP contribution in [0.25, 0.3) is 117 Å². The molecule has 0 bridgehead atoms. The van der Waals surface area contributed by atoms with Gasteiger partial charge in [0.2, 0.25) is 17.8 Å². The van der Waals surface area contributed by atoms with Crippen LogP contribution in [0.4, 0.5) is 0 Å². The molecule has 5 aromatic heterocycles. The second-order valence-corrected chi connectivity index (χ2v) is 43.4. The summed E-state index contributed by atoms with van der Waals surface area (Å²) < 4.78 is 6.59. The Kier molecular flexibility index (Phi) is 19.8. The first-order valence-electron chi connectivity index (χ1n) is 42.8. The Hall–Kier alpha value is -16.0. The molecule has 0 aliphatic carbocycles. The lowest BCUT2D eigenvalue weighted by Crippen LogP contribution is -2.74. The monoisotopic (exact) mass is 1660 g/mol. The summed E-state index contributed by atoms with van der Waals surface area (Å²) in [5, 5.41) is 22.4. The van der Waals surface area contributed by atoms with Gasteiger partial charge in [-0.3, -0.25) is 13.7 Å². The molecule has 23 aromatic rings. The average molecular weight is 1660 g/mol. The molecular formula is C114H81N9Si3. The molecule has 12 heteroatoms. The van der Waals surface area contributed by atoms with Crippen molar-refractivity contribution in [3.63, 3.8) is 0 Å². The van der Waals surface area contributed by atoms with E-state index < -0.39 is 24.2 Å². The molecule has 23 rings (SSSR count). The van der Waals surface area contributed by atoms with E-state index in [1.54, 1.807) is 0 Å². The fraction of sp³-hybridized carbons (Fsp3) is 0. The molecule has 0 radical (unpaired) electrons. The molecule has 0 saturated heterocycles. The predicted octanol–water partition coefficient (Wildman–Crippen LogP) is 18.2. The van der Waals surface area contributed by atoms with Gasteiger partial charge in [0.05, 0.1) is 33.1 Å². The Morgan fingerprint density at radius 3 is 0.492 bits per heavy atom. The lowest BCUT2D eigenvalue weighted by molar-refractivity contribution is 0.893. The fourth-order valence-electron chi connectivity index (χ4n) is 19.7. The summed E-state index contributed by atoms with van der Waals surface area (Å²) in [7, 11) is -8.58. The standard InChI is InChI=1S/C63H46N4Si2.C51H35N5Si/c1-7-27-49(28-8-1)68(50-29-9-2-10-30-50,51-31-11-3-12-32-51)55-39-23-25-47(45-55)61-64-62(66-63(65-61)67-59-43-21-19-41-57(59)58-42-20-22-44-60(58)67)48-26-24-40-56(46-48)69(52-33-13-4-14-34-52,53-35-15-5-16-36-53)54-37-17-6-18-38-54;1-4-20-37(21-5-1)57(38-22-6-2-7-23-38,39-24-8-3-9-25-39)40-26-18-19-36(35-40)49-52-50(55-45-31-14-10-27-41(45)42-28-11-15-32-46(42)55)54-51(53-49)56-47-33-16-12-29-43(47)44-30-13-17-34-48(44)56/h1-46H;1-35H. The number of fused-ring (bicyclic) bond motifs is 9. The molecule has 0 fully saturated rings. The fourth-order valence-corrected chi connectivity index (χ4v) is 34.1. The van der Waals surface area contributed by atoms with Crippen molar-refractivity contribution in [1.29, 1.82) is 0 Å². The van der Waals surface area contributed by atoms with Crippen molar-refractivity contribution in [2.45, 2.75) is 0 Å². The van der Waals surface area contributed by atoms with E-state index in [1.165, 1.54) is 62.2 Å². The second kappa shape index (κ2) is 32.8. The maximum atomic E-state index is 5.52. The van der Waals surface area contributed by atoms with E-state index in [-0.39, 0.29) is 0 Å². The van der Waals surface area contributed by atoms with Gasteiger partial charge in [-0.05, 0) is 98.6 Å². The van der Waals surface area contributed by atoms with Gasteiger partial charge in [-0.1, -0.05) is 455 Å². The van der Waals surface area contributed by atoms with Gasteiger partial charge in [-0.25, -0.2) is 4.98 Å². The van der Waals surface area contributed by atoms with Gasteiger partial charge < -0.3 is 0 Å². The summed E-state index contributed by atoms with van der Waals surface area (Å²) in [6, 6.07) is 177. The number of rotatable bonds is 18. The summed E-state index contributed by atoms with van der Waals surface area (Å²) in [6.07, 6.45) is 0. The molecule has 0 aliphatic heterocycles. The minimum atomic E-state index is -2.88. The lowest BCUT2D eigenvalue weighted by Gasteiger charge is -2.34. The maximum Gasteiger partial charge on any atom is 0.240 e. The Bertz CT molecular complexity index is 7130. The number of hydrogen-bond donors (Lipinski definition) is 0. The first kappa shape index (κ1) is 76.2. The van der Waals surface area contributed by atoms with E-state index in [1.807, 2.05) is 0 Å². The van der Waals surface area contributed by atoms with Crippen LogP contribution in [0, 0.1) is 0 Å². The lowest BCUT2D eigenvalue weighted by atomic mass is 10.2. The van der Waals surface area contributed by atoms with E-state index in [0.717, 1.165) is 82.1 Å². The molecule has 9 nitrogen and oxygen atoms in total. The molecule has 0 spiro atoms. The Labute approximate surface area is 733 Å². The van der Waals surface area contributed by atoms with Crippen LogP contribution in [0.1, 0.15) is 0 Å². The van der Waals surface area contributed by atoms with Crippen LogP contribution >= 0.6 is 0 Å². The molecule has 0 unspecified atom stereocenters. The molecule has 0 saturated carbocycles. The van der Waals surface area contributed by atoms with E-state index in [9.17, 15) is 0 Å². The van der Waals surface area contributed by atoms with Crippen molar-refractivity contribution < 1.29 is 0 Å². The third-order valence-corrected chi connectivity index (χ3v) is 39.4. The Balaban J connectivity index is 0.000000152. The topological polar surface area (TPSA) is 92.1 Å². The van der Waals surface area contributed by atoms with Gasteiger partial charge in [0.15, 0.2) is 41.7 Å². The molecular weight excluding hydrogens is 1580 g/mol. The van der Waals surface area contributed by atoms with Crippen molar-refractivity contribution in [2.24, 2.45) is 0 Å². The van der Waals surface area contributed by atoms with Gasteiger partial charge in [0.1, 0.15) is 0 Å². The van der Waals surface area contributed by atoms with Crippen molar-refractivity contribution in [1.82, 2.24) is 43.6 Å². The van der Waals surface area contributed by atoms with Crippen molar-refractivity contribution in [2.75, 3.05) is 0 Å². The van der Waals surface area contributed by atoms with Crippen molar-refractivity contribution in [3.8, 4) is 52.0 Å². The van der Waals surface area contributed by atoms with Crippen molar-refractivity contribution in [3.05, 3.63) is 491 Å². The van der Waals surface area contributed by atoms with Crippen LogP contribution < -0.4 is 62.2 Å². The largest absolute Gasteiger partial charge is 0.278 e. The van der Waals surface area contributed by atoms with E-state index >= 15 is 0 Å². The molecule has 0 amide bonds. The van der Waals surface area contributed by atoms with Crippen molar-refractivity contribution >= 4 is 152 Å². The molecule has 5 heterocycles. The summed E-state index contributed by atoms with van der Waals surface area (Å²) in [4.78, 5) is 32.7. The normalized spacial score (nSPS) is 11.8. The highest BCUT2D eigenvalue weighted by atomic mass is 28.3. The number of para-hydroxylation sites is 6. The first-order chi connectivity index (χ1) is 62.5. The zero-order valence-corrected chi connectivity index (χ0v) is 71.8. The van der Waals surface area contributed by atoms with Crippen LogP contribution in [0.2, 0.25) is 0 Å². The van der Waals surface area contributed by atoms with E-state index in [2.05, 4.69) is 505 Å². The smallest absolute Gasteiger partial charge is 0.240 e. The summed E-state index contributed by atoms with van der Waals surface area (Å²) in [5.74, 6) is 3.53. The number of benzene rings is 18. The predicted molar refractivity (Wildman–Crippen MR) is 530 cm³/mol. The quantitative estimate of drug-likeness (QED) is 0.0628. The first-order valence-corrected chi connectivity index (χ1v) is 48.8. The van der Waals surface area contributed by atoms with E-state index in [0.29, 0.717) is 35.3 Å². The van der Waals surface area contributed by atoms with Crippen LogP contribution in [-0.4, -0.2) is 67.8 Å². The summed E-state index contributed by atoms with van der Waals surface area (Å²) in [5.41, 5.74) is 9.03. The zero-order chi connectivity index (χ0) is 83.8. The number of hydrogen-bond acceptors (Lipinski definition) is 6. The molecule has 18 aromatic carbocycles. The molecule has 0 aliphatic rings. The highest BCUT2D eigenvalue weighted by Gasteiger charge is 2.45. The molecule has 0 N–H and O–H groups in total. The van der Waals surface area contributed by atoms with Gasteiger partial charge in [0, 0.05) is 49.0 Å². The number of nitrogens with zero attached hydrogens (tertiary/aromatic N) is 9. The van der Waals surface area contributed by atoms with Gasteiger partial charge in [-0.2, -0.15) is 24.9 Å². The van der Waals surface area contributed by atoms with E-state index in [4.69, 9.17) is 29.9 Å². The van der Waals surface area contributed by atoms with Crippen LogP contribution in [-0.2, 0) is 0 Å². The third kappa shape index (κ3) is 13.0. The minimum absolute atomic E-state index is 0.567. The second-order valence-electron chi connectivity index (χ2n) is 31.9.